The summed E-state index contributed by atoms with van der Waals surface area (Å²) in [6.07, 6.45) is 1.82. The van der Waals surface area contributed by atoms with E-state index in [0.717, 1.165) is 28.8 Å². The molecule has 0 aliphatic carbocycles. The van der Waals surface area contributed by atoms with Gasteiger partial charge in [0, 0.05) is 29.8 Å². The molecule has 1 aromatic carbocycles. The fraction of sp³-hybridized carbons (Fsp3) is 0.333. The molecule has 0 heterocycles. The number of nitrogen functional groups attached to an aromatic ring is 1. The summed E-state index contributed by atoms with van der Waals surface area (Å²) in [5, 5.41) is 8.94. The quantitative estimate of drug-likeness (QED) is 0.621. The van der Waals surface area contributed by atoms with Crippen molar-refractivity contribution in [2.24, 2.45) is 0 Å². The monoisotopic (exact) mass is 284 g/mol. The Morgan fingerprint density at radius 2 is 2.25 bits per heavy atom. The molecule has 3 N–H and O–H groups in total. The van der Waals surface area contributed by atoms with E-state index in [1.165, 1.54) is 0 Å². The first-order chi connectivity index (χ1) is 7.67. The zero-order valence-electron chi connectivity index (χ0n) is 9.19. The molecule has 0 aromatic heterocycles. The summed E-state index contributed by atoms with van der Waals surface area (Å²) in [4.78, 5) is 2.09. The van der Waals surface area contributed by atoms with E-state index >= 15 is 0 Å². The highest BCUT2D eigenvalue weighted by molar-refractivity contribution is 9.10. The molecule has 1 aromatic rings. The Bertz CT molecular complexity index is 355. The number of nitrogens with two attached hydrogens (primary N) is 1. The summed E-state index contributed by atoms with van der Waals surface area (Å²) in [5.74, 6) is 0. The number of hydrogen-bond acceptors (Lipinski definition) is 3. The highest BCUT2D eigenvalue weighted by Gasteiger charge is 2.06. The van der Waals surface area contributed by atoms with Gasteiger partial charge in [-0.15, -0.1) is 6.58 Å². The lowest BCUT2D eigenvalue weighted by Crippen LogP contribution is -2.26. The number of hydrogen-bond donors (Lipinski definition) is 2. The van der Waals surface area contributed by atoms with Crippen LogP contribution in [-0.4, -0.2) is 29.7 Å². The molecule has 88 valence electrons. The molecule has 0 fully saturated rings. The molecule has 16 heavy (non-hydrogen) atoms. The van der Waals surface area contributed by atoms with Crippen LogP contribution in [0.5, 0.6) is 0 Å². The van der Waals surface area contributed by atoms with E-state index < -0.39 is 0 Å². The lowest BCUT2D eigenvalue weighted by Gasteiger charge is -2.20. The number of nitrogens with zero attached hydrogens (tertiary/aromatic N) is 1. The maximum absolute atomic E-state index is 8.94. The van der Waals surface area contributed by atoms with Crippen LogP contribution in [0.25, 0.3) is 0 Å². The van der Waals surface area contributed by atoms with E-state index in [4.69, 9.17) is 10.8 Å². The van der Waals surface area contributed by atoms with Crippen LogP contribution in [-0.2, 0) is 6.54 Å². The van der Waals surface area contributed by atoms with Crippen molar-refractivity contribution in [2.45, 2.75) is 6.54 Å². The van der Waals surface area contributed by atoms with Crippen molar-refractivity contribution in [1.29, 1.82) is 0 Å². The Kier molecular flexibility index (Phi) is 5.52. The minimum atomic E-state index is 0.143. The molecule has 4 heteroatoms. The highest BCUT2D eigenvalue weighted by Crippen LogP contribution is 2.19. The molecule has 1 rings (SSSR count). The number of aliphatic hydroxyl groups excluding tert-OH is 1. The third-order valence-corrected chi connectivity index (χ3v) is 2.80. The van der Waals surface area contributed by atoms with Crippen LogP contribution in [0.4, 0.5) is 5.69 Å². The first kappa shape index (κ1) is 13.2. The fourth-order valence-electron chi connectivity index (χ4n) is 1.51. The maximum Gasteiger partial charge on any atom is 0.0558 e. The molecule has 0 bridgehead atoms. The van der Waals surface area contributed by atoms with Crippen molar-refractivity contribution >= 4 is 21.6 Å². The van der Waals surface area contributed by atoms with Gasteiger partial charge in [0.25, 0.3) is 0 Å². The number of benzene rings is 1. The molecule has 0 saturated heterocycles. The molecule has 0 saturated carbocycles. The lowest BCUT2D eigenvalue weighted by atomic mass is 10.1. The Hall–Kier alpha value is -0.840. The van der Waals surface area contributed by atoms with Crippen molar-refractivity contribution in [3.8, 4) is 0 Å². The number of aliphatic hydroxyl groups is 1. The van der Waals surface area contributed by atoms with Gasteiger partial charge in [-0.05, 0) is 17.7 Å². The molecule has 0 radical (unpaired) electrons. The SMILES string of the molecule is C=CCN(CCO)Cc1ccc(Br)cc1N. The summed E-state index contributed by atoms with van der Waals surface area (Å²) < 4.78 is 0.978. The largest absolute Gasteiger partial charge is 0.398 e. The molecular formula is C12H17BrN2O. The molecule has 3 nitrogen and oxygen atoms in total. The van der Waals surface area contributed by atoms with Gasteiger partial charge in [0.2, 0.25) is 0 Å². The van der Waals surface area contributed by atoms with Crippen LogP contribution in [0, 0.1) is 0 Å². The minimum absolute atomic E-state index is 0.143. The van der Waals surface area contributed by atoms with Gasteiger partial charge in [0.1, 0.15) is 0 Å². The van der Waals surface area contributed by atoms with E-state index in [-0.39, 0.29) is 6.61 Å². The Balaban J connectivity index is 2.72. The standard InChI is InChI=1S/C12H17BrN2O/c1-2-5-15(6-7-16)9-10-3-4-11(13)8-12(10)14/h2-4,8,16H,1,5-7,9,14H2. The smallest absolute Gasteiger partial charge is 0.0558 e. The van der Waals surface area contributed by atoms with Gasteiger partial charge in [-0.2, -0.15) is 0 Å². The van der Waals surface area contributed by atoms with Crippen LogP contribution in [0.1, 0.15) is 5.56 Å². The molecule has 0 aliphatic heterocycles. The normalized spacial score (nSPS) is 10.7. The zero-order valence-corrected chi connectivity index (χ0v) is 10.8. The van der Waals surface area contributed by atoms with Crippen LogP contribution in [0.3, 0.4) is 0 Å². The Morgan fingerprint density at radius 1 is 1.50 bits per heavy atom. The zero-order chi connectivity index (χ0) is 12.0. The van der Waals surface area contributed by atoms with Crippen LogP contribution < -0.4 is 5.73 Å². The first-order valence-corrected chi connectivity index (χ1v) is 5.94. The molecule has 0 atom stereocenters. The van der Waals surface area contributed by atoms with Crippen LogP contribution in [0.15, 0.2) is 35.3 Å². The van der Waals surface area contributed by atoms with Crippen molar-refractivity contribution in [3.05, 3.63) is 40.9 Å². The number of anilines is 1. The summed E-state index contributed by atoms with van der Waals surface area (Å²) in [7, 11) is 0. The topological polar surface area (TPSA) is 49.5 Å². The van der Waals surface area contributed by atoms with Gasteiger partial charge >= 0.3 is 0 Å². The van der Waals surface area contributed by atoms with E-state index in [1.54, 1.807) is 0 Å². The summed E-state index contributed by atoms with van der Waals surface area (Å²) in [5.41, 5.74) is 7.75. The lowest BCUT2D eigenvalue weighted by molar-refractivity contribution is 0.203. The summed E-state index contributed by atoms with van der Waals surface area (Å²) >= 11 is 3.37. The molecule has 0 spiro atoms. The Morgan fingerprint density at radius 3 is 2.81 bits per heavy atom. The highest BCUT2D eigenvalue weighted by atomic mass is 79.9. The second kappa shape index (κ2) is 6.68. The average Bonchev–Trinajstić information content (AvgIpc) is 2.23. The van der Waals surface area contributed by atoms with Gasteiger partial charge in [-0.25, -0.2) is 0 Å². The van der Waals surface area contributed by atoms with Gasteiger partial charge in [0.15, 0.2) is 0 Å². The van der Waals surface area contributed by atoms with E-state index in [1.807, 2.05) is 24.3 Å². The summed E-state index contributed by atoms with van der Waals surface area (Å²) in [6, 6.07) is 5.85. The van der Waals surface area contributed by atoms with E-state index in [2.05, 4.69) is 27.4 Å². The average molecular weight is 285 g/mol. The van der Waals surface area contributed by atoms with E-state index in [9.17, 15) is 0 Å². The predicted octanol–water partition coefficient (Wildman–Crippen LogP) is 2.01. The molecule has 0 amide bonds. The molecule has 0 unspecified atom stereocenters. The van der Waals surface area contributed by atoms with Crippen LogP contribution >= 0.6 is 15.9 Å². The molecular weight excluding hydrogens is 268 g/mol. The van der Waals surface area contributed by atoms with Gasteiger partial charge < -0.3 is 10.8 Å². The van der Waals surface area contributed by atoms with Crippen molar-refractivity contribution < 1.29 is 5.11 Å². The van der Waals surface area contributed by atoms with Crippen molar-refractivity contribution in [1.82, 2.24) is 4.90 Å². The maximum atomic E-state index is 8.94. The second-order valence-electron chi connectivity index (χ2n) is 3.59. The fourth-order valence-corrected chi connectivity index (χ4v) is 1.89. The number of rotatable bonds is 6. The third-order valence-electron chi connectivity index (χ3n) is 2.31. The van der Waals surface area contributed by atoms with Gasteiger partial charge in [-0.1, -0.05) is 28.1 Å². The number of halogens is 1. The molecule has 0 aliphatic rings. The first-order valence-electron chi connectivity index (χ1n) is 5.15. The van der Waals surface area contributed by atoms with Crippen molar-refractivity contribution in [2.75, 3.05) is 25.4 Å². The Labute approximate surface area is 105 Å². The van der Waals surface area contributed by atoms with Gasteiger partial charge in [0.05, 0.1) is 6.61 Å². The van der Waals surface area contributed by atoms with Crippen LogP contribution in [0.2, 0.25) is 0 Å². The third kappa shape index (κ3) is 3.96. The van der Waals surface area contributed by atoms with Gasteiger partial charge in [-0.3, -0.25) is 4.90 Å². The van der Waals surface area contributed by atoms with E-state index in [0.29, 0.717) is 6.54 Å². The predicted molar refractivity (Wildman–Crippen MR) is 71.1 cm³/mol. The second-order valence-corrected chi connectivity index (χ2v) is 4.51. The van der Waals surface area contributed by atoms with Crippen molar-refractivity contribution in [3.63, 3.8) is 0 Å². The minimum Gasteiger partial charge on any atom is -0.398 e. The summed E-state index contributed by atoms with van der Waals surface area (Å²) in [6.45, 7) is 5.94.